The number of hydrogen-bond donors (Lipinski definition) is 1. The zero-order valence-corrected chi connectivity index (χ0v) is 17.6. The summed E-state index contributed by atoms with van der Waals surface area (Å²) < 4.78 is 32.1. The predicted molar refractivity (Wildman–Crippen MR) is 109 cm³/mol. The minimum Gasteiger partial charge on any atom is -0.346 e. The molecule has 0 radical (unpaired) electrons. The Bertz CT molecular complexity index is 1290. The van der Waals surface area contributed by atoms with E-state index in [0.29, 0.717) is 17.5 Å². The molecule has 1 N–H and O–H groups in total. The van der Waals surface area contributed by atoms with Gasteiger partial charge < -0.3 is 9.84 Å². The van der Waals surface area contributed by atoms with E-state index in [-0.39, 0.29) is 29.0 Å². The van der Waals surface area contributed by atoms with Crippen LogP contribution in [-0.2, 0) is 12.5 Å². The number of pyridine rings is 1. The predicted octanol–water partition coefficient (Wildman–Crippen LogP) is 2.93. The van der Waals surface area contributed by atoms with E-state index in [1.807, 2.05) is 6.92 Å². The Hall–Kier alpha value is -3.73. The van der Waals surface area contributed by atoms with Gasteiger partial charge in [0, 0.05) is 19.7 Å². The van der Waals surface area contributed by atoms with Gasteiger partial charge in [0.05, 0.1) is 28.6 Å². The Labute approximate surface area is 185 Å². The molecule has 3 heterocycles. The summed E-state index contributed by atoms with van der Waals surface area (Å²) in [5.41, 5.74) is 0.127. The molecule has 164 valence electrons. The van der Waals surface area contributed by atoms with Crippen LogP contribution in [0.5, 0.6) is 0 Å². The normalized spacial score (nSPS) is 13.0. The van der Waals surface area contributed by atoms with Crippen molar-refractivity contribution in [1.29, 1.82) is 0 Å². The van der Waals surface area contributed by atoms with Gasteiger partial charge in [0.15, 0.2) is 0 Å². The van der Waals surface area contributed by atoms with Crippen molar-refractivity contribution in [2.45, 2.75) is 12.3 Å². The van der Waals surface area contributed by atoms with Crippen molar-refractivity contribution in [1.82, 2.24) is 35.4 Å². The summed E-state index contributed by atoms with van der Waals surface area (Å²) in [6.45, 7) is 1.86. The highest BCUT2D eigenvalue weighted by Gasteiger charge is 2.35. The number of benzene rings is 1. The molecule has 9 nitrogen and oxygen atoms in total. The maximum Gasteiger partial charge on any atom is 0.316 e. The Kier molecular flexibility index (Phi) is 5.66. The average molecular weight is 460 g/mol. The monoisotopic (exact) mass is 459 g/mol. The number of nitrogens with one attached hydrogen (secondary N) is 1. The van der Waals surface area contributed by atoms with E-state index in [4.69, 9.17) is 16.1 Å². The number of carbonyl (C=O) groups is 1. The van der Waals surface area contributed by atoms with Gasteiger partial charge in [-0.3, -0.25) is 4.79 Å². The fraction of sp³-hybridized carbons (Fsp3) is 0.200. The van der Waals surface area contributed by atoms with Crippen LogP contribution in [0.4, 0.5) is 8.78 Å². The van der Waals surface area contributed by atoms with E-state index >= 15 is 0 Å². The quantitative estimate of drug-likeness (QED) is 0.441. The van der Waals surface area contributed by atoms with Gasteiger partial charge in [-0.15, -0.1) is 0 Å². The molecule has 0 saturated carbocycles. The van der Waals surface area contributed by atoms with Crippen LogP contribution in [-0.4, -0.2) is 42.6 Å². The topological polar surface area (TPSA) is 112 Å². The summed E-state index contributed by atoms with van der Waals surface area (Å²) in [7, 11) is 1.67. The van der Waals surface area contributed by atoms with Crippen LogP contribution in [0.3, 0.4) is 0 Å². The summed E-state index contributed by atoms with van der Waals surface area (Å²) in [4.78, 5) is 22.3. The van der Waals surface area contributed by atoms with E-state index in [9.17, 15) is 13.6 Å². The van der Waals surface area contributed by atoms with Crippen molar-refractivity contribution in [3.05, 3.63) is 76.7 Å². The molecule has 4 aromatic rings. The summed E-state index contributed by atoms with van der Waals surface area (Å²) in [5.74, 6) is -2.88. The first kappa shape index (κ1) is 21.5. The largest absolute Gasteiger partial charge is 0.346 e. The molecule has 0 fully saturated rings. The summed E-state index contributed by atoms with van der Waals surface area (Å²) >= 11 is 6.06. The molecule has 3 aromatic heterocycles. The van der Waals surface area contributed by atoms with Crippen molar-refractivity contribution >= 4 is 17.5 Å². The van der Waals surface area contributed by atoms with Gasteiger partial charge in [0.2, 0.25) is 5.82 Å². The zero-order valence-electron chi connectivity index (χ0n) is 16.9. The Balaban J connectivity index is 1.58. The van der Waals surface area contributed by atoms with Crippen molar-refractivity contribution < 1.29 is 18.1 Å². The third-order valence-electron chi connectivity index (χ3n) is 4.84. The van der Waals surface area contributed by atoms with Gasteiger partial charge in [-0.1, -0.05) is 22.8 Å². The first-order valence-electron chi connectivity index (χ1n) is 9.33. The lowest BCUT2D eigenvalue weighted by molar-refractivity contribution is 0.0903. The fourth-order valence-corrected chi connectivity index (χ4v) is 3.22. The molecule has 0 saturated heterocycles. The first-order chi connectivity index (χ1) is 15.3. The zero-order chi connectivity index (χ0) is 22.9. The number of aromatic nitrogens is 6. The van der Waals surface area contributed by atoms with Crippen LogP contribution in [0.1, 0.15) is 29.0 Å². The molecule has 0 aliphatic heterocycles. The van der Waals surface area contributed by atoms with Gasteiger partial charge in [0.1, 0.15) is 16.8 Å². The first-order valence-corrected chi connectivity index (χ1v) is 9.71. The minimum absolute atomic E-state index is 0.0422. The van der Waals surface area contributed by atoms with Crippen LogP contribution in [0.25, 0.3) is 11.4 Å². The van der Waals surface area contributed by atoms with E-state index in [0.717, 1.165) is 12.1 Å². The number of hydrogen-bond acceptors (Lipinski definition) is 7. The second kappa shape index (κ2) is 8.42. The van der Waals surface area contributed by atoms with E-state index in [1.54, 1.807) is 31.4 Å². The van der Waals surface area contributed by atoms with Crippen molar-refractivity contribution in [2.24, 2.45) is 7.05 Å². The van der Waals surface area contributed by atoms with Gasteiger partial charge >= 0.3 is 11.8 Å². The Morgan fingerprint density at radius 1 is 1.22 bits per heavy atom. The molecule has 1 atom stereocenters. The molecule has 32 heavy (non-hydrogen) atoms. The van der Waals surface area contributed by atoms with Gasteiger partial charge in [0.25, 0.3) is 0 Å². The number of amides is 1. The van der Waals surface area contributed by atoms with Gasteiger partial charge in [-0.2, -0.15) is 20.0 Å². The number of carbonyl (C=O) groups excluding carboxylic acids is 1. The van der Waals surface area contributed by atoms with Crippen LogP contribution < -0.4 is 5.32 Å². The molecule has 12 heteroatoms. The summed E-state index contributed by atoms with van der Waals surface area (Å²) in [6, 6.07) is 8.04. The standard InChI is InChI=1S/C20H16ClF2N7O2/c1-20(15-9-25-30(2)28-15,14-4-3-5-16(21)26-14)10-24-18(31)19-27-17(29-32-19)12-7-6-11(22)8-13(12)23/h3-9H,10H2,1-2H3,(H,24,31). The third kappa shape index (κ3) is 4.19. The number of nitrogens with zero attached hydrogens (tertiary/aromatic N) is 6. The van der Waals surface area contributed by atoms with E-state index < -0.39 is 23.0 Å². The second-order valence-corrected chi connectivity index (χ2v) is 7.51. The highest BCUT2D eigenvalue weighted by Crippen LogP contribution is 2.29. The fourth-order valence-electron chi connectivity index (χ4n) is 3.06. The smallest absolute Gasteiger partial charge is 0.316 e. The molecule has 0 aliphatic carbocycles. The summed E-state index contributed by atoms with van der Waals surface area (Å²) in [5, 5.41) is 15.0. The van der Waals surface area contributed by atoms with Crippen LogP contribution >= 0.6 is 11.6 Å². The Morgan fingerprint density at radius 3 is 2.72 bits per heavy atom. The second-order valence-electron chi connectivity index (χ2n) is 7.13. The van der Waals surface area contributed by atoms with Crippen molar-refractivity contribution in [3.63, 3.8) is 0 Å². The molecule has 4 rings (SSSR count). The number of halogens is 3. The molecule has 1 unspecified atom stereocenters. The van der Waals surface area contributed by atoms with Gasteiger partial charge in [-0.05, 0) is 31.2 Å². The average Bonchev–Trinajstić information content (AvgIpc) is 3.41. The highest BCUT2D eigenvalue weighted by atomic mass is 35.5. The van der Waals surface area contributed by atoms with Crippen LogP contribution in [0.2, 0.25) is 5.15 Å². The van der Waals surface area contributed by atoms with E-state index in [2.05, 4.69) is 30.6 Å². The SMILES string of the molecule is Cn1ncc(C(C)(CNC(=O)c2nc(-c3ccc(F)cc3F)no2)c2cccc(Cl)n2)n1. The maximum absolute atomic E-state index is 14.0. The minimum atomic E-state index is -0.888. The maximum atomic E-state index is 14.0. The molecule has 0 bridgehead atoms. The molecule has 1 aromatic carbocycles. The summed E-state index contributed by atoms with van der Waals surface area (Å²) in [6.07, 6.45) is 1.57. The van der Waals surface area contributed by atoms with Crippen LogP contribution in [0.15, 0.2) is 47.1 Å². The number of rotatable bonds is 6. The lowest BCUT2D eigenvalue weighted by Crippen LogP contribution is -2.40. The molecule has 0 aliphatic rings. The molecular formula is C20H16ClF2N7O2. The lowest BCUT2D eigenvalue weighted by atomic mass is 9.83. The number of aryl methyl sites for hydroxylation is 1. The molecule has 1 amide bonds. The highest BCUT2D eigenvalue weighted by molar-refractivity contribution is 6.29. The molecule has 0 spiro atoms. The van der Waals surface area contributed by atoms with Crippen molar-refractivity contribution in [3.8, 4) is 11.4 Å². The van der Waals surface area contributed by atoms with E-state index in [1.165, 1.54) is 4.80 Å². The van der Waals surface area contributed by atoms with Gasteiger partial charge in [-0.25, -0.2) is 13.8 Å². The lowest BCUT2D eigenvalue weighted by Gasteiger charge is -2.27. The molecular weight excluding hydrogens is 444 g/mol. The third-order valence-corrected chi connectivity index (χ3v) is 5.05. The Morgan fingerprint density at radius 2 is 2.03 bits per heavy atom. The van der Waals surface area contributed by atoms with Crippen molar-refractivity contribution in [2.75, 3.05) is 6.54 Å². The van der Waals surface area contributed by atoms with Crippen LogP contribution in [0, 0.1) is 11.6 Å².